The molecule has 0 heterocycles. The molecule has 6 heteroatoms. The average molecular weight is 319 g/mol. The standard InChI is InChI=1S/C16H17NO4S/c1-12-4-10-15(11-5-12)22(18,19)17-16(21-3)13-6-8-14(20-2)9-7-13/h4-11H,1-3H3/b17-16-. The summed E-state index contributed by atoms with van der Waals surface area (Å²) in [5, 5.41) is 0. The molecule has 0 aliphatic carbocycles. The van der Waals surface area contributed by atoms with E-state index in [2.05, 4.69) is 4.40 Å². The van der Waals surface area contributed by atoms with Crippen LogP contribution in [0.15, 0.2) is 57.8 Å². The molecule has 2 aromatic rings. The number of sulfonamides is 1. The molecule has 0 aromatic heterocycles. The van der Waals surface area contributed by atoms with Crippen LogP contribution in [0.25, 0.3) is 0 Å². The van der Waals surface area contributed by atoms with Gasteiger partial charge >= 0.3 is 0 Å². The minimum Gasteiger partial charge on any atom is -0.497 e. The van der Waals surface area contributed by atoms with E-state index in [4.69, 9.17) is 9.47 Å². The Kier molecular flexibility index (Phi) is 4.82. The highest BCUT2D eigenvalue weighted by molar-refractivity contribution is 7.90. The second-order valence-corrected chi connectivity index (χ2v) is 6.22. The Morgan fingerprint density at radius 1 is 0.955 bits per heavy atom. The van der Waals surface area contributed by atoms with Gasteiger partial charge in [0.2, 0.25) is 5.90 Å². The molecule has 116 valence electrons. The van der Waals surface area contributed by atoms with E-state index >= 15 is 0 Å². The molecular weight excluding hydrogens is 302 g/mol. The normalized spacial score (nSPS) is 12.0. The van der Waals surface area contributed by atoms with Gasteiger partial charge in [-0.3, -0.25) is 0 Å². The van der Waals surface area contributed by atoms with Gasteiger partial charge in [-0.05, 0) is 43.3 Å². The summed E-state index contributed by atoms with van der Waals surface area (Å²) in [6.07, 6.45) is 0. The van der Waals surface area contributed by atoms with Crippen molar-refractivity contribution in [2.45, 2.75) is 11.8 Å². The molecule has 0 radical (unpaired) electrons. The summed E-state index contributed by atoms with van der Waals surface area (Å²) in [5.41, 5.74) is 1.53. The minimum absolute atomic E-state index is 0.0308. The largest absolute Gasteiger partial charge is 0.497 e. The molecule has 0 amide bonds. The first-order valence-electron chi connectivity index (χ1n) is 6.56. The third-order valence-corrected chi connectivity index (χ3v) is 4.33. The Morgan fingerprint density at radius 2 is 1.55 bits per heavy atom. The van der Waals surface area contributed by atoms with Crippen LogP contribution in [0, 0.1) is 6.92 Å². The lowest BCUT2D eigenvalue weighted by Crippen LogP contribution is -2.08. The molecule has 0 aliphatic heterocycles. The van der Waals surface area contributed by atoms with E-state index < -0.39 is 10.0 Å². The molecule has 0 spiro atoms. The van der Waals surface area contributed by atoms with Crippen LogP contribution in [-0.4, -0.2) is 28.5 Å². The zero-order chi connectivity index (χ0) is 16.2. The van der Waals surface area contributed by atoms with E-state index in [-0.39, 0.29) is 10.8 Å². The summed E-state index contributed by atoms with van der Waals surface area (Å²) in [6, 6.07) is 13.3. The second-order valence-electron chi connectivity index (χ2n) is 4.62. The van der Waals surface area contributed by atoms with E-state index in [1.165, 1.54) is 19.2 Å². The number of hydrogen-bond acceptors (Lipinski definition) is 4. The molecule has 2 rings (SSSR count). The van der Waals surface area contributed by atoms with Crippen molar-refractivity contribution in [3.8, 4) is 5.75 Å². The number of hydrogen-bond donors (Lipinski definition) is 0. The number of ether oxygens (including phenoxy) is 2. The van der Waals surface area contributed by atoms with Crippen LogP contribution in [-0.2, 0) is 14.8 Å². The van der Waals surface area contributed by atoms with Gasteiger partial charge in [0.25, 0.3) is 10.0 Å². The molecule has 0 N–H and O–H groups in total. The van der Waals surface area contributed by atoms with E-state index in [0.717, 1.165) is 5.56 Å². The van der Waals surface area contributed by atoms with Gasteiger partial charge in [0.1, 0.15) is 5.75 Å². The first-order chi connectivity index (χ1) is 10.5. The quantitative estimate of drug-likeness (QED) is 0.642. The lowest BCUT2D eigenvalue weighted by Gasteiger charge is -2.07. The average Bonchev–Trinajstić information content (AvgIpc) is 2.53. The van der Waals surface area contributed by atoms with Gasteiger partial charge in [0.15, 0.2) is 0 Å². The molecule has 0 aliphatic rings. The molecular formula is C16H17NO4S. The van der Waals surface area contributed by atoms with Crippen LogP contribution in [0.4, 0.5) is 0 Å². The van der Waals surface area contributed by atoms with Crippen molar-refractivity contribution in [1.29, 1.82) is 0 Å². The van der Waals surface area contributed by atoms with Gasteiger partial charge in [0.05, 0.1) is 19.1 Å². The summed E-state index contributed by atoms with van der Waals surface area (Å²) >= 11 is 0. The maximum absolute atomic E-state index is 12.3. The first kappa shape index (κ1) is 16.0. The van der Waals surface area contributed by atoms with E-state index in [1.54, 1.807) is 43.5 Å². The molecule has 5 nitrogen and oxygen atoms in total. The highest BCUT2D eigenvalue weighted by Gasteiger charge is 2.16. The lowest BCUT2D eigenvalue weighted by atomic mass is 10.2. The van der Waals surface area contributed by atoms with Gasteiger partial charge in [-0.2, -0.15) is 8.42 Å². The topological polar surface area (TPSA) is 65.0 Å². The number of rotatable bonds is 4. The van der Waals surface area contributed by atoms with Gasteiger partial charge in [-0.15, -0.1) is 4.40 Å². The van der Waals surface area contributed by atoms with Crippen molar-refractivity contribution >= 4 is 15.9 Å². The maximum atomic E-state index is 12.3. The Morgan fingerprint density at radius 3 is 2.05 bits per heavy atom. The third-order valence-electron chi connectivity index (χ3n) is 3.05. The van der Waals surface area contributed by atoms with Crippen LogP contribution in [0.1, 0.15) is 11.1 Å². The molecule has 0 saturated heterocycles. The fraction of sp³-hybridized carbons (Fsp3) is 0.188. The van der Waals surface area contributed by atoms with Crippen LogP contribution >= 0.6 is 0 Å². The van der Waals surface area contributed by atoms with E-state index in [0.29, 0.717) is 11.3 Å². The Hall–Kier alpha value is -2.34. The monoisotopic (exact) mass is 319 g/mol. The summed E-state index contributed by atoms with van der Waals surface area (Å²) in [5.74, 6) is 0.698. The summed E-state index contributed by atoms with van der Waals surface area (Å²) < 4.78 is 38.6. The van der Waals surface area contributed by atoms with Crippen molar-refractivity contribution in [3.63, 3.8) is 0 Å². The minimum atomic E-state index is -3.82. The summed E-state index contributed by atoms with van der Waals surface area (Å²) in [7, 11) is -0.880. The van der Waals surface area contributed by atoms with Crippen LogP contribution < -0.4 is 4.74 Å². The Bertz CT molecular complexity index is 763. The van der Waals surface area contributed by atoms with Crippen LogP contribution in [0.3, 0.4) is 0 Å². The molecule has 0 atom stereocenters. The summed E-state index contributed by atoms with van der Waals surface area (Å²) in [4.78, 5) is 0.126. The van der Waals surface area contributed by atoms with Crippen molar-refractivity contribution in [2.24, 2.45) is 4.40 Å². The molecule has 0 saturated carbocycles. The predicted octanol–water partition coefficient (Wildman–Crippen LogP) is 2.79. The molecule has 0 bridgehead atoms. The molecule has 0 fully saturated rings. The lowest BCUT2D eigenvalue weighted by molar-refractivity contribution is 0.404. The van der Waals surface area contributed by atoms with Gasteiger partial charge in [-0.1, -0.05) is 17.7 Å². The van der Waals surface area contributed by atoms with Crippen LogP contribution in [0.5, 0.6) is 5.75 Å². The smallest absolute Gasteiger partial charge is 0.285 e. The highest BCUT2D eigenvalue weighted by atomic mass is 32.2. The second kappa shape index (κ2) is 6.62. The van der Waals surface area contributed by atoms with Gasteiger partial charge < -0.3 is 9.47 Å². The third kappa shape index (κ3) is 3.65. The SMILES string of the molecule is CO/C(=N\S(=O)(=O)c1ccc(C)cc1)c1ccc(OC)cc1. The number of aryl methyl sites for hydroxylation is 1. The number of benzene rings is 2. The Balaban J connectivity index is 2.40. The summed E-state index contributed by atoms with van der Waals surface area (Å²) in [6.45, 7) is 1.89. The maximum Gasteiger partial charge on any atom is 0.285 e. The van der Waals surface area contributed by atoms with Crippen molar-refractivity contribution in [3.05, 3.63) is 59.7 Å². The predicted molar refractivity (Wildman–Crippen MR) is 84.9 cm³/mol. The van der Waals surface area contributed by atoms with Crippen molar-refractivity contribution in [1.82, 2.24) is 0 Å². The van der Waals surface area contributed by atoms with E-state index in [9.17, 15) is 8.42 Å². The zero-order valence-corrected chi connectivity index (χ0v) is 13.4. The molecule has 0 unspecified atom stereocenters. The van der Waals surface area contributed by atoms with Crippen LogP contribution in [0.2, 0.25) is 0 Å². The number of nitrogens with zero attached hydrogens (tertiary/aromatic N) is 1. The van der Waals surface area contributed by atoms with Gasteiger partial charge in [-0.25, -0.2) is 0 Å². The van der Waals surface area contributed by atoms with Crippen molar-refractivity contribution in [2.75, 3.05) is 14.2 Å². The highest BCUT2D eigenvalue weighted by Crippen LogP contribution is 2.17. The van der Waals surface area contributed by atoms with Crippen molar-refractivity contribution < 1.29 is 17.9 Å². The molecule has 22 heavy (non-hydrogen) atoms. The van der Waals surface area contributed by atoms with E-state index in [1.807, 2.05) is 6.92 Å². The first-order valence-corrected chi connectivity index (χ1v) is 8.00. The molecule has 2 aromatic carbocycles. The zero-order valence-electron chi connectivity index (χ0n) is 12.6. The fourth-order valence-electron chi connectivity index (χ4n) is 1.81. The fourth-order valence-corrected chi connectivity index (χ4v) is 2.80. The van der Waals surface area contributed by atoms with Gasteiger partial charge in [0, 0.05) is 5.56 Å². The number of methoxy groups -OCH3 is 2. The Labute approximate surface area is 130 Å².